The number of rotatable bonds is 47. The molecule has 0 radical (unpaired) electrons. The van der Waals surface area contributed by atoms with Gasteiger partial charge in [0.05, 0.1) is 25.7 Å². The molecule has 0 aliphatic rings. The Morgan fingerprint density at radius 2 is 0.910 bits per heavy atom. The van der Waals surface area contributed by atoms with Gasteiger partial charge < -0.3 is 46.7 Å². The van der Waals surface area contributed by atoms with E-state index in [0.29, 0.717) is 6.42 Å². The largest absolute Gasteiger partial charge is 0.481 e. The van der Waals surface area contributed by atoms with E-state index in [4.69, 9.17) is 25.4 Å². The summed E-state index contributed by atoms with van der Waals surface area (Å²) < 4.78 is 11.3. The number of thioether (sulfide) groups is 1. The van der Waals surface area contributed by atoms with Crippen LogP contribution in [0.3, 0.4) is 0 Å². The first-order valence-corrected chi connectivity index (χ1v) is 26.7. The lowest BCUT2D eigenvalue weighted by Gasteiger charge is -2.19. The fourth-order valence-electron chi connectivity index (χ4n) is 7.15. The lowest BCUT2D eigenvalue weighted by molar-refractivity contribution is -0.157. The SMILES string of the molecule is CCCCCCCCCCCCCCCC(=O)OC[C@H](CSC[C@H](N)C(=O)NCC(=O)NCC(=O)NCC(=O)NC(CCC(=O)O)C(=O)O)OC(=O)CCCCCCCCCCCCCCC. The number of hydrogen-bond donors (Lipinski definition) is 7. The first-order chi connectivity index (χ1) is 32.3. The van der Waals surface area contributed by atoms with Crippen molar-refractivity contribution < 1.29 is 58.0 Å². The summed E-state index contributed by atoms with van der Waals surface area (Å²) in [5.74, 6) is -6.04. The summed E-state index contributed by atoms with van der Waals surface area (Å²) in [6.45, 7) is 2.70. The van der Waals surface area contributed by atoms with Crippen LogP contribution in [0.5, 0.6) is 0 Å². The number of hydrogen-bond acceptors (Lipinski definition) is 12. The molecule has 388 valence electrons. The number of amides is 4. The molecule has 0 bridgehead atoms. The van der Waals surface area contributed by atoms with Crippen LogP contribution in [-0.2, 0) is 47.8 Å². The quantitative estimate of drug-likeness (QED) is 0.0234. The van der Waals surface area contributed by atoms with Gasteiger partial charge in [-0.2, -0.15) is 11.8 Å². The van der Waals surface area contributed by atoms with Crippen LogP contribution >= 0.6 is 11.8 Å². The van der Waals surface area contributed by atoms with Crippen molar-refractivity contribution in [1.82, 2.24) is 21.3 Å². The smallest absolute Gasteiger partial charge is 0.326 e. The molecule has 0 aromatic rings. The highest BCUT2D eigenvalue weighted by Gasteiger charge is 2.22. The van der Waals surface area contributed by atoms with Gasteiger partial charge in [-0.05, 0) is 19.3 Å². The van der Waals surface area contributed by atoms with Gasteiger partial charge in [-0.15, -0.1) is 0 Å². The van der Waals surface area contributed by atoms with Crippen LogP contribution in [0.2, 0.25) is 0 Å². The molecule has 0 heterocycles. The predicted octanol–water partition coefficient (Wildman–Crippen LogP) is 7.25. The van der Waals surface area contributed by atoms with Gasteiger partial charge >= 0.3 is 23.9 Å². The number of carboxylic acids is 2. The van der Waals surface area contributed by atoms with Crippen molar-refractivity contribution in [3.63, 3.8) is 0 Å². The number of unbranched alkanes of at least 4 members (excludes halogenated alkanes) is 24. The summed E-state index contributed by atoms with van der Waals surface area (Å²) in [4.78, 5) is 96.4. The minimum atomic E-state index is -1.45. The average Bonchev–Trinajstić information content (AvgIpc) is 3.29. The van der Waals surface area contributed by atoms with Gasteiger partial charge in [0.2, 0.25) is 23.6 Å². The van der Waals surface area contributed by atoms with Gasteiger partial charge in [-0.25, -0.2) is 4.79 Å². The maximum absolute atomic E-state index is 12.8. The molecule has 17 nitrogen and oxygen atoms in total. The highest BCUT2D eigenvalue weighted by Crippen LogP contribution is 2.16. The van der Waals surface area contributed by atoms with Crippen LogP contribution in [0.4, 0.5) is 0 Å². The van der Waals surface area contributed by atoms with Crippen LogP contribution in [0.15, 0.2) is 0 Å². The van der Waals surface area contributed by atoms with E-state index in [-0.39, 0.29) is 49.3 Å². The fraction of sp³-hybridized carbons (Fsp3) is 0.837. The van der Waals surface area contributed by atoms with E-state index < -0.39 is 79.8 Å². The molecule has 18 heteroatoms. The molecule has 3 atom stereocenters. The molecule has 67 heavy (non-hydrogen) atoms. The van der Waals surface area contributed by atoms with E-state index in [1.165, 1.54) is 127 Å². The average molecular weight is 972 g/mol. The summed E-state index contributed by atoms with van der Waals surface area (Å²) in [6, 6.07) is -2.49. The number of carbonyl (C=O) groups excluding carboxylic acids is 6. The second-order valence-corrected chi connectivity index (χ2v) is 18.7. The summed E-state index contributed by atoms with van der Waals surface area (Å²) in [7, 11) is 0. The fourth-order valence-corrected chi connectivity index (χ4v) is 8.12. The first kappa shape index (κ1) is 63.1. The molecule has 0 aromatic carbocycles. The number of carboxylic acid groups (broad SMARTS) is 2. The van der Waals surface area contributed by atoms with Gasteiger partial charge in [-0.3, -0.25) is 33.6 Å². The molecule has 0 rings (SSSR count). The summed E-state index contributed by atoms with van der Waals surface area (Å²) >= 11 is 1.24. The first-order valence-electron chi connectivity index (χ1n) is 25.5. The van der Waals surface area contributed by atoms with Crippen molar-refractivity contribution in [3.8, 4) is 0 Å². The Bertz CT molecular complexity index is 1370. The molecule has 0 aromatic heterocycles. The van der Waals surface area contributed by atoms with Crippen molar-refractivity contribution in [2.24, 2.45) is 5.73 Å². The predicted molar refractivity (Wildman–Crippen MR) is 262 cm³/mol. The van der Waals surface area contributed by atoms with Gasteiger partial charge in [0, 0.05) is 30.8 Å². The van der Waals surface area contributed by atoms with Gasteiger partial charge in [0.25, 0.3) is 0 Å². The lowest BCUT2D eigenvalue weighted by atomic mass is 10.0. The number of esters is 2. The zero-order chi connectivity index (χ0) is 49.8. The van der Waals surface area contributed by atoms with E-state index in [1.54, 1.807) is 0 Å². The molecule has 0 aliphatic heterocycles. The Labute approximate surface area is 405 Å². The van der Waals surface area contributed by atoms with Gasteiger partial charge in [-0.1, -0.05) is 168 Å². The van der Waals surface area contributed by atoms with Crippen molar-refractivity contribution in [3.05, 3.63) is 0 Å². The van der Waals surface area contributed by atoms with Crippen LogP contribution < -0.4 is 27.0 Å². The Hall–Kier alpha value is -3.93. The van der Waals surface area contributed by atoms with E-state index in [0.717, 1.165) is 44.9 Å². The monoisotopic (exact) mass is 972 g/mol. The maximum atomic E-state index is 12.8. The summed E-state index contributed by atoms with van der Waals surface area (Å²) in [5, 5.41) is 26.9. The zero-order valence-electron chi connectivity index (χ0n) is 41.2. The van der Waals surface area contributed by atoms with Crippen LogP contribution in [0.1, 0.15) is 206 Å². The molecule has 0 fully saturated rings. The van der Waals surface area contributed by atoms with Crippen molar-refractivity contribution in [2.45, 2.75) is 225 Å². The van der Waals surface area contributed by atoms with E-state index in [9.17, 15) is 38.4 Å². The number of nitrogens with two attached hydrogens (primary N) is 1. The standard InChI is InChI=1S/C49H89N5O12S/c1-3-5-7-9-11-13-15-17-19-21-23-25-27-29-46(60)65-36-39(66-47(61)30-28-26-24-22-20-18-16-14-12-10-8-6-4-2)37-67-38-40(50)48(62)53-34-43(56)51-33-42(55)52-35-44(57)54-41(49(63)64)31-32-45(58)59/h39-41H,3-38,50H2,1-2H3,(H,51,56)(H,52,55)(H,53,62)(H,54,57)(H,58,59)(H,63,64)/t39-,40+,41?/m1/s1. The zero-order valence-corrected chi connectivity index (χ0v) is 42.0. The number of carbonyl (C=O) groups is 8. The molecular formula is C49H89N5O12S. The van der Waals surface area contributed by atoms with Crippen molar-refractivity contribution >= 4 is 59.3 Å². The van der Waals surface area contributed by atoms with Crippen LogP contribution in [-0.4, -0.2) is 114 Å². The molecule has 0 saturated heterocycles. The Kier molecular flexibility index (Phi) is 42.0. The van der Waals surface area contributed by atoms with Crippen molar-refractivity contribution in [2.75, 3.05) is 37.7 Å². The molecule has 0 aliphatic carbocycles. The third-order valence-electron chi connectivity index (χ3n) is 11.2. The van der Waals surface area contributed by atoms with Gasteiger partial charge in [0.15, 0.2) is 0 Å². The molecule has 4 amide bonds. The number of ether oxygens (including phenoxy) is 2. The topological polar surface area (TPSA) is 270 Å². The highest BCUT2D eigenvalue weighted by molar-refractivity contribution is 7.99. The van der Waals surface area contributed by atoms with Gasteiger partial charge in [0.1, 0.15) is 18.8 Å². The molecule has 0 spiro atoms. The summed E-state index contributed by atoms with van der Waals surface area (Å²) in [5.41, 5.74) is 6.07. The van der Waals surface area contributed by atoms with Crippen LogP contribution in [0, 0.1) is 0 Å². The second kappa shape index (κ2) is 44.6. The minimum absolute atomic E-state index is 0.107. The molecular weight excluding hydrogens is 883 g/mol. The highest BCUT2D eigenvalue weighted by atomic mass is 32.2. The maximum Gasteiger partial charge on any atom is 0.326 e. The van der Waals surface area contributed by atoms with E-state index in [2.05, 4.69) is 35.1 Å². The summed E-state index contributed by atoms with van der Waals surface area (Å²) in [6.07, 6.45) is 30.1. The normalized spacial score (nSPS) is 12.3. The Morgan fingerprint density at radius 3 is 1.34 bits per heavy atom. The van der Waals surface area contributed by atoms with Crippen LogP contribution in [0.25, 0.3) is 0 Å². The molecule has 0 saturated carbocycles. The number of aliphatic carboxylic acids is 2. The van der Waals surface area contributed by atoms with E-state index in [1.807, 2.05) is 0 Å². The molecule has 8 N–H and O–H groups in total. The third-order valence-corrected chi connectivity index (χ3v) is 12.4. The lowest BCUT2D eigenvalue weighted by Crippen LogP contribution is -2.49. The third kappa shape index (κ3) is 41.9. The number of nitrogens with one attached hydrogen (secondary N) is 4. The minimum Gasteiger partial charge on any atom is -0.481 e. The Morgan fingerprint density at radius 1 is 0.507 bits per heavy atom. The van der Waals surface area contributed by atoms with E-state index >= 15 is 0 Å². The molecule has 1 unspecified atom stereocenters. The Balaban J connectivity index is 4.70. The van der Waals surface area contributed by atoms with Crippen molar-refractivity contribution in [1.29, 1.82) is 0 Å². The second-order valence-electron chi connectivity index (χ2n) is 17.6.